The van der Waals surface area contributed by atoms with E-state index in [0.717, 1.165) is 54.9 Å². The van der Waals surface area contributed by atoms with Crippen LogP contribution < -0.4 is 10.1 Å². The van der Waals surface area contributed by atoms with E-state index in [1.54, 1.807) is 12.1 Å². The zero-order valence-corrected chi connectivity index (χ0v) is 23.6. The predicted molar refractivity (Wildman–Crippen MR) is 150 cm³/mol. The topological polar surface area (TPSA) is 174 Å². The number of amides is 1. The van der Waals surface area contributed by atoms with E-state index in [-0.39, 0.29) is 11.7 Å². The maximum Gasteiger partial charge on any atom is 0.336 e. The summed E-state index contributed by atoms with van der Waals surface area (Å²) in [6.07, 6.45) is -0.747. The Hall–Kier alpha value is -4.29. The number of aliphatic hydroxyl groups is 1. The summed E-state index contributed by atoms with van der Waals surface area (Å²) in [6, 6.07) is 14.5. The number of nitrogens with zero attached hydrogens (tertiary/aromatic N) is 1. The number of ether oxygens (including phenoxy) is 1. The number of carboxylic acid groups (broad SMARTS) is 3. The van der Waals surface area contributed by atoms with Gasteiger partial charge < -0.3 is 30.5 Å². The molecule has 228 valence electrons. The van der Waals surface area contributed by atoms with Gasteiger partial charge in [-0.2, -0.15) is 0 Å². The number of rotatable bonds is 12. The van der Waals surface area contributed by atoms with Crippen LogP contribution >= 0.6 is 0 Å². The van der Waals surface area contributed by atoms with Crippen molar-refractivity contribution < 1.29 is 48.7 Å². The highest BCUT2D eigenvalue weighted by atomic mass is 19.1. The summed E-state index contributed by atoms with van der Waals surface area (Å²) in [4.78, 5) is 44.7. The Bertz CT molecular complexity index is 1260. The van der Waals surface area contributed by atoms with E-state index in [1.165, 1.54) is 19.1 Å². The molecule has 0 radical (unpaired) electrons. The molecule has 1 amide bonds. The molecule has 3 rings (SSSR count). The van der Waals surface area contributed by atoms with Crippen molar-refractivity contribution in [2.24, 2.45) is 0 Å². The lowest BCUT2D eigenvalue weighted by Gasteiger charge is -2.42. The molecule has 1 saturated heterocycles. The highest BCUT2D eigenvalue weighted by Crippen LogP contribution is 2.34. The summed E-state index contributed by atoms with van der Waals surface area (Å²) in [5.74, 6) is -4.47. The van der Waals surface area contributed by atoms with Crippen molar-refractivity contribution in [2.45, 2.75) is 57.2 Å². The van der Waals surface area contributed by atoms with Crippen molar-refractivity contribution in [3.8, 4) is 5.75 Å². The third-order valence-electron chi connectivity index (χ3n) is 6.65. The number of piperidine rings is 1. The molecule has 12 heteroatoms. The lowest BCUT2D eigenvalue weighted by molar-refractivity contribution is -0.170. The Labute approximate surface area is 243 Å². The number of nitrogens with one attached hydrogen (secondary N) is 1. The molecule has 0 aromatic heterocycles. The molecule has 1 aliphatic rings. The van der Waals surface area contributed by atoms with E-state index in [0.29, 0.717) is 6.61 Å². The maximum atomic E-state index is 13.4. The molecule has 1 fully saturated rings. The van der Waals surface area contributed by atoms with E-state index in [1.807, 2.05) is 25.1 Å². The summed E-state index contributed by atoms with van der Waals surface area (Å²) < 4.78 is 19.3. The summed E-state index contributed by atoms with van der Waals surface area (Å²) in [5, 5.41) is 36.9. The van der Waals surface area contributed by atoms with Crippen LogP contribution in [0.4, 0.5) is 4.39 Å². The highest BCUT2D eigenvalue weighted by molar-refractivity contribution is 5.88. The smallest absolute Gasteiger partial charge is 0.336 e. The van der Waals surface area contributed by atoms with E-state index in [4.69, 9.17) is 25.2 Å². The zero-order valence-electron chi connectivity index (χ0n) is 23.6. The number of para-hydroxylation sites is 1. The number of aliphatic carboxylic acids is 3. The fraction of sp³-hybridized carbons (Fsp3) is 0.400. The minimum absolute atomic E-state index is 0.0682. The standard InChI is InChI=1S/C24H29FN2O2.C6H8O7/c1-18(2)17-29-23-7-5-4-6-20(23)16-27-14-12-24(13-15-27,26-19(3)28)21-8-10-22(25)11-9-21;7-3(8)1-6(13,5(11)12)2-4(9)10/h4-11H,1,12-17H2,2-3H3,(H,26,28);13H,1-2H2,(H,7,8)(H,9,10)(H,11,12). The Morgan fingerprint density at radius 2 is 1.52 bits per heavy atom. The fourth-order valence-electron chi connectivity index (χ4n) is 4.62. The molecule has 0 unspecified atom stereocenters. The highest BCUT2D eigenvalue weighted by Gasteiger charge is 2.41. The average molecular weight is 589 g/mol. The van der Waals surface area contributed by atoms with Crippen LogP contribution in [0.1, 0.15) is 50.7 Å². The second kappa shape index (κ2) is 15.1. The van der Waals surface area contributed by atoms with Gasteiger partial charge >= 0.3 is 17.9 Å². The van der Waals surface area contributed by atoms with Crippen LogP contribution in [0.25, 0.3) is 0 Å². The van der Waals surface area contributed by atoms with Gasteiger partial charge in [-0.05, 0) is 49.1 Å². The number of halogens is 1. The molecule has 2 aromatic carbocycles. The van der Waals surface area contributed by atoms with Crippen LogP contribution in [0.5, 0.6) is 5.75 Å². The molecular weight excluding hydrogens is 551 g/mol. The first kappa shape index (κ1) is 33.9. The van der Waals surface area contributed by atoms with Gasteiger partial charge in [-0.25, -0.2) is 9.18 Å². The third-order valence-corrected chi connectivity index (χ3v) is 6.65. The molecule has 0 aliphatic carbocycles. The third kappa shape index (κ3) is 10.3. The van der Waals surface area contributed by atoms with Crippen molar-refractivity contribution >= 4 is 23.8 Å². The summed E-state index contributed by atoms with van der Waals surface area (Å²) in [6.45, 7) is 10.3. The monoisotopic (exact) mass is 588 g/mol. The second-order valence-electron chi connectivity index (χ2n) is 10.4. The van der Waals surface area contributed by atoms with Crippen LogP contribution in [0, 0.1) is 5.82 Å². The number of carbonyl (C=O) groups excluding carboxylic acids is 1. The molecule has 1 aliphatic heterocycles. The molecule has 11 nitrogen and oxygen atoms in total. The zero-order chi connectivity index (χ0) is 31.5. The van der Waals surface area contributed by atoms with Crippen LogP contribution in [0.15, 0.2) is 60.7 Å². The quantitative estimate of drug-likeness (QED) is 0.232. The summed E-state index contributed by atoms with van der Waals surface area (Å²) in [5.41, 5.74) is -0.109. The molecule has 0 atom stereocenters. The van der Waals surface area contributed by atoms with E-state index in [2.05, 4.69) is 22.9 Å². The van der Waals surface area contributed by atoms with Gasteiger partial charge in [0.05, 0.1) is 18.4 Å². The maximum absolute atomic E-state index is 13.4. The fourth-order valence-corrected chi connectivity index (χ4v) is 4.62. The lowest BCUT2D eigenvalue weighted by atomic mass is 9.80. The van der Waals surface area contributed by atoms with Crippen molar-refractivity contribution in [1.29, 1.82) is 0 Å². The largest absolute Gasteiger partial charge is 0.489 e. The van der Waals surface area contributed by atoms with Gasteiger partial charge in [0.25, 0.3) is 0 Å². The minimum Gasteiger partial charge on any atom is -0.489 e. The summed E-state index contributed by atoms with van der Waals surface area (Å²) in [7, 11) is 0. The van der Waals surface area contributed by atoms with Crippen molar-refractivity contribution in [1.82, 2.24) is 10.2 Å². The number of hydrogen-bond acceptors (Lipinski definition) is 7. The van der Waals surface area contributed by atoms with Gasteiger partial charge in [0.2, 0.25) is 5.91 Å². The van der Waals surface area contributed by atoms with Crippen molar-refractivity contribution in [3.63, 3.8) is 0 Å². The molecule has 2 aromatic rings. The molecule has 0 saturated carbocycles. The first-order valence-electron chi connectivity index (χ1n) is 13.2. The van der Waals surface area contributed by atoms with Gasteiger partial charge in [-0.3, -0.25) is 19.3 Å². The van der Waals surface area contributed by atoms with Gasteiger partial charge in [-0.1, -0.05) is 36.9 Å². The number of hydrogen-bond donors (Lipinski definition) is 5. The van der Waals surface area contributed by atoms with Gasteiger partial charge in [0, 0.05) is 32.1 Å². The van der Waals surface area contributed by atoms with E-state index >= 15 is 0 Å². The Morgan fingerprint density at radius 3 is 2.00 bits per heavy atom. The minimum atomic E-state index is -2.74. The molecule has 42 heavy (non-hydrogen) atoms. The van der Waals surface area contributed by atoms with Crippen LogP contribution in [-0.2, 0) is 31.3 Å². The number of likely N-dealkylation sites (tertiary alicyclic amines) is 1. The van der Waals surface area contributed by atoms with Gasteiger partial charge in [-0.15, -0.1) is 0 Å². The molecule has 0 spiro atoms. The van der Waals surface area contributed by atoms with Crippen LogP contribution in [0.3, 0.4) is 0 Å². The SMILES string of the molecule is C=C(C)COc1ccccc1CN1CCC(NC(C)=O)(c2ccc(F)cc2)CC1.O=C(O)CC(O)(CC(=O)O)C(=O)O. The van der Waals surface area contributed by atoms with Crippen LogP contribution in [0.2, 0.25) is 0 Å². The Balaban J connectivity index is 0.000000401. The summed E-state index contributed by atoms with van der Waals surface area (Å²) >= 11 is 0. The first-order chi connectivity index (χ1) is 19.7. The molecular formula is C30H37FN2O9. The molecule has 1 heterocycles. The first-order valence-corrected chi connectivity index (χ1v) is 13.2. The predicted octanol–water partition coefficient (Wildman–Crippen LogP) is 3.16. The van der Waals surface area contributed by atoms with E-state index in [9.17, 15) is 23.6 Å². The van der Waals surface area contributed by atoms with Gasteiger partial charge in [0.15, 0.2) is 5.60 Å². The second-order valence-corrected chi connectivity index (χ2v) is 10.4. The lowest BCUT2D eigenvalue weighted by Crippen LogP contribution is -2.52. The Kier molecular flexibility index (Phi) is 12.2. The van der Waals surface area contributed by atoms with Gasteiger partial charge in [0.1, 0.15) is 18.2 Å². The average Bonchev–Trinajstić information content (AvgIpc) is 2.89. The normalized spacial score (nSPS) is 14.6. The Morgan fingerprint density at radius 1 is 0.976 bits per heavy atom. The van der Waals surface area contributed by atoms with E-state index < -0.39 is 41.9 Å². The number of benzene rings is 2. The number of carbonyl (C=O) groups is 4. The molecule has 0 bridgehead atoms. The number of carboxylic acids is 3. The van der Waals surface area contributed by atoms with Crippen molar-refractivity contribution in [2.75, 3.05) is 19.7 Å². The van der Waals surface area contributed by atoms with Crippen LogP contribution in [-0.4, -0.2) is 74.4 Å². The van der Waals surface area contributed by atoms with Crippen molar-refractivity contribution in [3.05, 3.63) is 77.6 Å². The molecule has 5 N–H and O–H groups in total.